The Balaban J connectivity index is 1.20. The molecule has 39 heavy (non-hydrogen) atoms. The minimum atomic E-state index is -0.722. The smallest absolute Gasteiger partial charge is 0.319 e. The zero-order valence-electron chi connectivity index (χ0n) is 21.8. The Morgan fingerprint density at radius 2 is 1.54 bits per heavy atom. The van der Waals surface area contributed by atoms with Gasteiger partial charge < -0.3 is 30.9 Å². The van der Waals surface area contributed by atoms with Crippen LogP contribution in [0.1, 0.15) is 33.9 Å². The van der Waals surface area contributed by atoms with E-state index >= 15 is 0 Å². The highest BCUT2D eigenvalue weighted by Gasteiger charge is 2.12. The van der Waals surface area contributed by atoms with Crippen LogP contribution in [-0.4, -0.2) is 29.3 Å². The molecule has 4 aromatic carbocycles. The number of hydrogen-bond acceptors (Lipinski definition) is 5. The van der Waals surface area contributed by atoms with Gasteiger partial charge in [0.1, 0.15) is 12.4 Å². The van der Waals surface area contributed by atoms with Crippen LogP contribution in [0.4, 0.5) is 10.5 Å². The molecule has 0 aromatic heterocycles. The van der Waals surface area contributed by atoms with Crippen molar-refractivity contribution < 1.29 is 19.7 Å². The van der Waals surface area contributed by atoms with Crippen LogP contribution in [0.25, 0.3) is 0 Å². The van der Waals surface area contributed by atoms with Crippen LogP contribution in [-0.2, 0) is 26.2 Å². The fraction of sp³-hybridized carbons (Fsp3) is 0.219. The maximum absolute atomic E-state index is 12.2. The summed E-state index contributed by atoms with van der Waals surface area (Å²) in [6.45, 7) is 1.72. The lowest BCUT2D eigenvalue weighted by Crippen LogP contribution is -2.28. The van der Waals surface area contributed by atoms with Crippen LogP contribution in [0.5, 0.6) is 5.75 Å². The molecule has 5 N–H and O–H groups in total. The molecule has 0 radical (unpaired) electrons. The average molecular weight is 526 g/mol. The van der Waals surface area contributed by atoms with Gasteiger partial charge in [0.25, 0.3) is 0 Å². The van der Waals surface area contributed by atoms with Gasteiger partial charge in [-0.3, -0.25) is 0 Å². The second-order valence-corrected chi connectivity index (χ2v) is 9.26. The monoisotopic (exact) mass is 525 g/mol. The van der Waals surface area contributed by atoms with Gasteiger partial charge in [-0.25, -0.2) is 4.79 Å². The third kappa shape index (κ3) is 8.97. The third-order valence-electron chi connectivity index (χ3n) is 6.29. The highest BCUT2D eigenvalue weighted by Crippen LogP contribution is 2.24. The van der Waals surface area contributed by atoms with Gasteiger partial charge in [-0.15, -0.1) is 0 Å². The van der Waals surface area contributed by atoms with Gasteiger partial charge >= 0.3 is 6.03 Å². The Bertz CT molecular complexity index is 1320. The first-order chi connectivity index (χ1) is 19.1. The molecule has 4 aromatic rings. The molecule has 202 valence electrons. The van der Waals surface area contributed by atoms with Gasteiger partial charge in [0.05, 0.1) is 12.7 Å². The molecule has 0 aliphatic heterocycles. The number of rotatable bonds is 13. The molecule has 0 saturated heterocycles. The minimum Gasteiger partial charge on any atom is -0.489 e. The van der Waals surface area contributed by atoms with Crippen molar-refractivity contribution in [2.24, 2.45) is 0 Å². The molecule has 7 nitrogen and oxygen atoms in total. The largest absolute Gasteiger partial charge is 0.489 e. The van der Waals surface area contributed by atoms with Crippen molar-refractivity contribution >= 4 is 11.7 Å². The summed E-state index contributed by atoms with van der Waals surface area (Å²) in [6.07, 6.45) is 0.0157. The zero-order chi connectivity index (χ0) is 27.3. The first-order valence-corrected chi connectivity index (χ1v) is 13.1. The van der Waals surface area contributed by atoms with Crippen molar-refractivity contribution in [3.05, 3.63) is 131 Å². The van der Waals surface area contributed by atoms with Crippen LogP contribution in [0.15, 0.2) is 103 Å². The number of nitrogens with one attached hydrogen (secondary N) is 3. The SMILES string of the molecule is O=C(NCc1ccccc1)Nc1cccc(CCNC[C@H](O)c2ccc(OCc3ccccc3)c(CO)c2)c1. The summed E-state index contributed by atoms with van der Waals surface area (Å²) < 4.78 is 5.88. The molecule has 4 rings (SSSR count). The van der Waals surface area contributed by atoms with E-state index in [9.17, 15) is 15.0 Å². The summed E-state index contributed by atoms with van der Waals surface area (Å²) in [5, 5.41) is 29.5. The molecule has 0 fully saturated rings. The fourth-order valence-electron chi connectivity index (χ4n) is 4.15. The molecule has 0 unspecified atom stereocenters. The Hall–Kier alpha value is -4.17. The molecular formula is C32H35N3O4. The topological polar surface area (TPSA) is 103 Å². The number of aliphatic hydroxyl groups excluding tert-OH is 2. The Morgan fingerprint density at radius 3 is 2.28 bits per heavy atom. The van der Waals surface area contributed by atoms with Gasteiger partial charge in [0, 0.05) is 24.3 Å². The Morgan fingerprint density at radius 1 is 0.821 bits per heavy atom. The number of anilines is 1. The quantitative estimate of drug-likeness (QED) is 0.159. The first-order valence-electron chi connectivity index (χ1n) is 13.1. The van der Waals surface area contributed by atoms with Crippen LogP contribution in [0.3, 0.4) is 0 Å². The van der Waals surface area contributed by atoms with E-state index in [1.807, 2.05) is 91.0 Å². The number of amides is 2. The summed E-state index contributed by atoms with van der Waals surface area (Å²) in [7, 11) is 0. The van der Waals surface area contributed by atoms with E-state index in [0.717, 1.165) is 28.8 Å². The van der Waals surface area contributed by atoms with Crippen LogP contribution >= 0.6 is 0 Å². The fourth-order valence-corrected chi connectivity index (χ4v) is 4.15. The van der Waals surface area contributed by atoms with E-state index in [1.54, 1.807) is 12.1 Å². The molecule has 0 spiro atoms. The van der Waals surface area contributed by atoms with Gasteiger partial charge in [-0.1, -0.05) is 78.9 Å². The summed E-state index contributed by atoms with van der Waals surface area (Å²) in [5.41, 5.74) is 5.23. The summed E-state index contributed by atoms with van der Waals surface area (Å²) in [6, 6.07) is 32.5. The number of carbonyl (C=O) groups excluding carboxylic acids is 1. The van der Waals surface area contributed by atoms with Gasteiger partial charge in [-0.05, 0) is 59.5 Å². The highest BCUT2D eigenvalue weighted by molar-refractivity contribution is 5.89. The second kappa shape index (κ2) is 14.7. The summed E-state index contributed by atoms with van der Waals surface area (Å²) >= 11 is 0. The zero-order valence-corrected chi connectivity index (χ0v) is 21.8. The first kappa shape index (κ1) is 27.9. The molecule has 0 aliphatic carbocycles. The normalized spacial score (nSPS) is 11.5. The van der Waals surface area contributed by atoms with E-state index in [0.29, 0.717) is 43.1 Å². The lowest BCUT2D eigenvalue weighted by atomic mass is 10.0. The average Bonchev–Trinajstić information content (AvgIpc) is 2.98. The van der Waals surface area contributed by atoms with Gasteiger partial charge in [0.15, 0.2) is 0 Å². The number of urea groups is 1. The Labute approximate surface area is 229 Å². The van der Waals surface area contributed by atoms with Crippen molar-refractivity contribution in [3.63, 3.8) is 0 Å². The van der Waals surface area contributed by atoms with E-state index < -0.39 is 6.10 Å². The van der Waals surface area contributed by atoms with Crippen LogP contribution in [0.2, 0.25) is 0 Å². The number of carbonyl (C=O) groups is 1. The standard InChI is InChI=1S/C32H35N3O4/c36-22-28-19-27(14-15-31(28)39-23-26-10-5-2-6-11-26)30(37)21-33-17-16-24-12-7-13-29(18-24)35-32(38)34-20-25-8-3-1-4-9-25/h1-15,18-19,30,33,36-37H,16-17,20-23H2,(H2,34,35,38)/t30-/m0/s1. The van der Waals surface area contributed by atoms with E-state index in [4.69, 9.17) is 4.74 Å². The number of ether oxygens (including phenoxy) is 1. The summed E-state index contributed by atoms with van der Waals surface area (Å²) in [5.74, 6) is 0.604. The van der Waals surface area contributed by atoms with E-state index in [2.05, 4.69) is 16.0 Å². The lowest BCUT2D eigenvalue weighted by molar-refractivity contribution is 0.174. The molecule has 0 bridgehead atoms. The number of hydrogen-bond donors (Lipinski definition) is 5. The van der Waals surface area contributed by atoms with Gasteiger partial charge in [-0.2, -0.15) is 0 Å². The predicted molar refractivity (Wildman–Crippen MR) is 153 cm³/mol. The van der Waals surface area contributed by atoms with Gasteiger partial charge in [0.2, 0.25) is 0 Å². The molecular weight excluding hydrogens is 490 g/mol. The third-order valence-corrected chi connectivity index (χ3v) is 6.29. The van der Waals surface area contributed by atoms with E-state index in [1.165, 1.54) is 0 Å². The molecule has 0 saturated carbocycles. The van der Waals surface area contributed by atoms with Crippen LogP contribution in [0, 0.1) is 0 Å². The van der Waals surface area contributed by atoms with Crippen molar-refractivity contribution in [3.8, 4) is 5.75 Å². The minimum absolute atomic E-state index is 0.174. The maximum Gasteiger partial charge on any atom is 0.319 e. The Kier molecular flexibility index (Phi) is 10.5. The molecule has 2 amide bonds. The summed E-state index contributed by atoms with van der Waals surface area (Å²) in [4.78, 5) is 12.2. The highest BCUT2D eigenvalue weighted by atomic mass is 16.5. The lowest BCUT2D eigenvalue weighted by Gasteiger charge is -2.16. The van der Waals surface area contributed by atoms with Crippen molar-refractivity contribution in [2.45, 2.75) is 32.3 Å². The predicted octanol–water partition coefficient (Wildman–Crippen LogP) is 4.95. The molecule has 0 aliphatic rings. The maximum atomic E-state index is 12.2. The number of benzene rings is 4. The van der Waals surface area contributed by atoms with Crippen molar-refractivity contribution in [1.29, 1.82) is 0 Å². The van der Waals surface area contributed by atoms with E-state index in [-0.39, 0.29) is 12.6 Å². The molecule has 0 heterocycles. The second-order valence-electron chi connectivity index (χ2n) is 9.26. The molecule has 1 atom stereocenters. The van der Waals surface area contributed by atoms with Crippen molar-refractivity contribution in [1.82, 2.24) is 10.6 Å². The van der Waals surface area contributed by atoms with Crippen molar-refractivity contribution in [2.75, 3.05) is 18.4 Å². The molecule has 7 heteroatoms. The number of aliphatic hydroxyl groups is 2. The van der Waals surface area contributed by atoms with Crippen LogP contribution < -0.4 is 20.7 Å².